The quantitative estimate of drug-likeness (QED) is 0.0611. The maximum absolute atomic E-state index is 12.3. The van der Waals surface area contributed by atoms with E-state index in [1.54, 1.807) is 6.07 Å². The fourth-order valence-electron chi connectivity index (χ4n) is 8.12. The average Bonchev–Trinajstić information content (AvgIpc) is 3.95. The number of benzene rings is 4. The molecule has 9 rings (SSSR count). The van der Waals surface area contributed by atoms with Crippen LogP contribution in [0.1, 0.15) is 44.6 Å². The molecule has 0 saturated carbocycles. The van der Waals surface area contributed by atoms with Gasteiger partial charge in [0.2, 0.25) is 0 Å². The Morgan fingerprint density at radius 3 is 1.18 bits per heavy atom. The molecule has 0 fully saturated rings. The van der Waals surface area contributed by atoms with E-state index >= 15 is 0 Å². The molecule has 0 spiro atoms. The molecule has 372 valence electrons. The monoisotopic (exact) mass is 1560 g/mol. The average molecular weight is 1570 g/mol. The van der Waals surface area contributed by atoms with Gasteiger partial charge in [-0.1, -0.05) is 80.4 Å². The van der Waals surface area contributed by atoms with Crippen LogP contribution in [0, 0.1) is 0 Å². The Kier molecular flexibility index (Phi) is 14.5. The topological polar surface area (TPSA) is 275 Å². The molecule has 3 aliphatic heterocycles. The van der Waals surface area contributed by atoms with Crippen LogP contribution in [0.5, 0.6) is 0 Å². The summed E-state index contributed by atoms with van der Waals surface area (Å²) in [5.74, 6) is 0. The van der Waals surface area contributed by atoms with Crippen molar-refractivity contribution in [1.82, 2.24) is 19.9 Å². The Labute approximate surface area is 477 Å². The van der Waals surface area contributed by atoms with Crippen molar-refractivity contribution in [2.45, 2.75) is 28.7 Å². The van der Waals surface area contributed by atoms with Crippen molar-refractivity contribution in [2.24, 2.45) is 0 Å². The van der Waals surface area contributed by atoms with E-state index in [1.165, 1.54) is 97.1 Å². The Bertz CT molecular complexity index is 4120. The third kappa shape index (κ3) is 9.60. The predicted molar refractivity (Wildman–Crippen MR) is 300 cm³/mol. The number of aromatic amines is 2. The largest absolute Gasteiger partial charge is 0.359 e. The van der Waals surface area contributed by atoms with Crippen molar-refractivity contribution in [1.29, 1.82) is 0 Å². The lowest BCUT2D eigenvalue weighted by molar-refractivity contribution is 0.481. The first-order valence-corrected chi connectivity index (χ1v) is 32.0. The van der Waals surface area contributed by atoms with Crippen LogP contribution in [0.3, 0.4) is 0 Å². The molecule has 0 saturated heterocycles. The summed E-state index contributed by atoms with van der Waals surface area (Å²) in [5, 5.41) is 0. The normalized spacial score (nSPS) is 17.1. The minimum absolute atomic E-state index is 0.250. The van der Waals surface area contributed by atoms with Crippen molar-refractivity contribution >= 4 is 197 Å². The van der Waals surface area contributed by atoms with E-state index in [2.05, 4.69) is 137 Å². The first-order valence-electron chi connectivity index (χ1n) is 19.8. The summed E-state index contributed by atoms with van der Waals surface area (Å²) in [6, 6.07) is 23.3. The highest BCUT2D eigenvalue weighted by Crippen LogP contribution is 2.59. The summed E-state index contributed by atoms with van der Waals surface area (Å²) in [6.45, 7) is 0. The van der Waals surface area contributed by atoms with E-state index < -0.39 is 59.4 Å². The fourth-order valence-corrected chi connectivity index (χ4v) is 14.4. The maximum atomic E-state index is 12.3. The molecule has 0 radical (unpaired) electrons. The predicted octanol–water partition coefficient (Wildman–Crippen LogP) is 13.6. The van der Waals surface area contributed by atoms with Crippen LogP contribution >= 0.6 is 127 Å². The minimum Gasteiger partial charge on any atom is -0.359 e. The molecule has 6 N–H and O–H groups in total. The second-order valence-corrected chi connectivity index (χ2v) is 28.3. The second-order valence-electron chi connectivity index (χ2n) is 15.7. The molecular weight excluding hydrogens is 1540 g/mol. The van der Waals surface area contributed by atoms with Gasteiger partial charge in [0, 0.05) is 28.1 Å². The van der Waals surface area contributed by atoms with E-state index in [0.717, 1.165) is 0 Å². The van der Waals surface area contributed by atoms with Crippen LogP contribution in [-0.2, 0) is 44.8 Å². The number of nitrogens with one attached hydrogen (secondary N) is 2. The molecule has 6 aromatic rings. The van der Waals surface area contributed by atoms with Gasteiger partial charge in [-0.2, -0.15) is 33.7 Å². The first kappa shape index (κ1) is 54.0. The van der Waals surface area contributed by atoms with Crippen molar-refractivity contribution < 1.29 is 51.9 Å². The van der Waals surface area contributed by atoms with Crippen molar-refractivity contribution in [3.63, 3.8) is 0 Å². The fraction of sp³-hybridized carbons (Fsp3) is 0.0455. The van der Waals surface area contributed by atoms with Gasteiger partial charge in [0.05, 0.1) is 85.1 Å². The SMILES string of the molecule is O=S(=O)(O)c1ccc(-c2c3nc(c(-c4ccc(S(=O)(=O)O)cc4)c4[nH]c(c(Br)c4Br)c(-c4ccc(S(=O)(=O)O)cc4)c4nc(cc5[nH]c2C(Br)C5(Br)c2ccc(S(=O)(=O)O)cc2)C(Br)=C4Br)C(Br)=C3Br)cc1. The lowest BCUT2D eigenvalue weighted by atomic mass is 9.90. The third-order valence-electron chi connectivity index (χ3n) is 11.5. The highest BCUT2D eigenvalue weighted by molar-refractivity contribution is 9.18. The zero-order valence-electron chi connectivity index (χ0n) is 35.0. The summed E-state index contributed by atoms with van der Waals surface area (Å²) in [4.78, 5) is 15.1. The smallest absolute Gasteiger partial charge is 0.294 e. The van der Waals surface area contributed by atoms with Gasteiger partial charge in [-0.15, -0.1) is 0 Å². The number of aromatic nitrogens is 4. The van der Waals surface area contributed by atoms with Gasteiger partial charge < -0.3 is 9.97 Å². The van der Waals surface area contributed by atoms with E-state index in [0.29, 0.717) is 99.6 Å². The number of hydrogen-bond donors (Lipinski definition) is 6. The van der Waals surface area contributed by atoms with E-state index in [1.807, 2.05) is 0 Å². The molecule has 0 amide bonds. The van der Waals surface area contributed by atoms with Crippen LogP contribution in [-0.4, -0.2) is 71.8 Å². The van der Waals surface area contributed by atoms with Gasteiger partial charge in [0.25, 0.3) is 40.5 Å². The van der Waals surface area contributed by atoms with Crippen molar-refractivity contribution in [3.05, 3.63) is 152 Å². The minimum atomic E-state index is -4.65. The highest BCUT2D eigenvalue weighted by Gasteiger charge is 2.47. The third-order valence-corrected chi connectivity index (χ3v) is 24.4. The van der Waals surface area contributed by atoms with Gasteiger partial charge in [-0.3, -0.25) is 18.2 Å². The zero-order valence-corrected chi connectivity index (χ0v) is 51.0. The number of fused-ring (bicyclic) bond motifs is 8. The van der Waals surface area contributed by atoms with Gasteiger partial charge >= 0.3 is 0 Å². The van der Waals surface area contributed by atoms with Crippen molar-refractivity contribution in [3.8, 4) is 33.4 Å². The molecule has 4 aromatic carbocycles. The van der Waals surface area contributed by atoms with Crippen LogP contribution < -0.4 is 0 Å². The number of halogens is 8. The highest BCUT2D eigenvalue weighted by atomic mass is 79.9. The van der Waals surface area contributed by atoms with Gasteiger partial charge in [-0.25, -0.2) is 9.97 Å². The Balaban J connectivity index is 1.54. The lowest BCUT2D eigenvalue weighted by Gasteiger charge is -2.28. The molecule has 5 heterocycles. The molecule has 2 unspecified atom stereocenters. The number of hydrogen-bond acceptors (Lipinski definition) is 10. The number of H-pyrrole nitrogens is 2. The van der Waals surface area contributed by atoms with E-state index in [4.69, 9.17) is 9.97 Å². The summed E-state index contributed by atoms with van der Waals surface area (Å²) < 4.78 is 139. The van der Waals surface area contributed by atoms with Crippen molar-refractivity contribution in [2.75, 3.05) is 0 Å². The second kappa shape index (κ2) is 19.3. The Hall–Kier alpha value is -2.78. The first-order chi connectivity index (χ1) is 33.5. The van der Waals surface area contributed by atoms with Gasteiger partial charge in [0.1, 0.15) is 4.32 Å². The Morgan fingerprint density at radius 2 is 0.792 bits per heavy atom. The molecular formula is C44H24Br8N4O12S4. The standard InChI is InChI=1S/C44H24Br8N4O12S4/c45-31-26-17-27-44(52,21-7-15-25(16-8-21)72(66,67)68)43(51)42(54-27)30(20-5-13-24(14-6-20)71(63,64)65)41-36(50)35(49)40(56-41)29(19-3-11-23(12-4-19)70(60,61)62)39-34(48)33(47)38(55-39)28(37(53-26)32(31)46)18-1-9-22(10-2-18)69(57,58)59/h1-17,43,54-55H,(H,57,58,59)(H,60,61,62)(H,63,64,65)(H,66,67,68). The zero-order chi connectivity index (χ0) is 52.4. The number of rotatable bonds is 8. The molecule has 2 aromatic heterocycles. The van der Waals surface area contributed by atoms with Crippen LogP contribution in [0.15, 0.2) is 132 Å². The summed E-state index contributed by atoms with van der Waals surface area (Å²) in [5.41, 5.74) is 5.38. The molecule has 72 heavy (non-hydrogen) atoms. The van der Waals surface area contributed by atoms with E-state index in [-0.39, 0.29) is 21.2 Å². The number of alkyl halides is 2. The molecule has 28 heteroatoms. The van der Waals surface area contributed by atoms with Crippen LogP contribution in [0.2, 0.25) is 0 Å². The lowest BCUT2D eigenvalue weighted by Crippen LogP contribution is -2.21. The van der Waals surface area contributed by atoms with Crippen LogP contribution in [0.25, 0.3) is 62.3 Å². The summed E-state index contributed by atoms with van der Waals surface area (Å²) in [7, 11) is -18.5. The molecule has 16 nitrogen and oxygen atoms in total. The number of nitrogens with zero attached hydrogens (tertiary/aromatic N) is 2. The molecule has 2 atom stereocenters. The molecule has 8 bridgehead atoms. The summed E-state index contributed by atoms with van der Waals surface area (Å²) in [6.07, 6.45) is 0. The molecule has 3 aliphatic rings. The maximum Gasteiger partial charge on any atom is 0.294 e. The van der Waals surface area contributed by atoms with Gasteiger partial charge in [0.15, 0.2) is 0 Å². The molecule has 0 aliphatic carbocycles. The Morgan fingerprint density at radius 1 is 0.458 bits per heavy atom. The van der Waals surface area contributed by atoms with Gasteiger partial charge in [-0.05, 0) is 172 Å². The summed E-state index contributed by atoms with van der Waals surface area (Å²) >= 11 is 30.6. The van der Waals surface area contributed by atoms with Crippen LogP contribution in [0.4, 0.5) is 0 Å². The van der Waals surface area contributed by atoms with E-state index in [9.17, 15) is 51.9 Å².